The molecule has 1 aliphatic heterocycles. The predicted octanol–water partition coefficient (Wildman–Crippen LogP) is 3.61. The van der Waals surface area contributed by atoms with Crippen LogP contribution < -0.4 is 0 Å². The van der Waals surface area contributed by atoms with Crippen LogP contribution in [0.1, 0.15) is 23.2 Å². The zero-order valence-electron chi connectivity index (χ0n) is 16.5. The molecule has 0 saturated carbocycles. The first kappa shape index (κ1) is 20.1. The van der Waals surface area contributed by atoms with Gasteiger partial charge < -0.3 is 4.90 Å². The molecule has 0 atom stereocenters. The minimum absolute atomic E-state index is 0.0165. The lowest BCUT2D eigenvalue weighted by Crippen LogP contribution is -2.34. The van der Waals surface area contributed by atoms with E-state index in [1.165, 1.54) is 5.56 Å². The van der Waals surface area contributed by atoms with Crippen molar-refractivity contribution in [3.63, 3.8) is 0 Å². The number of carbonyl (C=O) groups is 1. The summed E-state index contributed by atoms with van der Waals surface area (Å²) < 4.78 is 1.87. The number of halogens is 1. The molecule has 1 fully saturated rings. The van der Waals surface area contributed by atoms with E-state index in [-0.39, 0.29) is 5.91 Å². The van der Waals surface area contributed by atoms with Gasteiger partial charge in [-0.3, -0.25) is 14.1 Å². The van der Waals surface area contributed by atoms with Crippen LogP contribution in [0.2, 0.25) is 5.15 Å². The Morgan fingerprint density at radius 1 is 1.13 bits per heavy atom. The molecule has 4 rings (SSSR count). The summed E-state index contributed by atoms with van der Waals surface area (Å²) in [6, 6.07) is 15.5. The van der Waals surface area contributed by atoms with Gasteiger partial charge >= 0.3 is 0 Å². The van der Waals surface area contributed by atoms with E-state index in [4.69, 9.17) is 16.9 Å². The molecule has 3 heterocycles. The third-order valence-electron chi connectivity index (χ3n) is 5.30. The van der Waals surface area contributed by atoms with Crippen LogP contribution in [-0.2, 0) is 11.3 Å². The number of hydrogen-bond donors (Lipinski definition) is 0. The average molecular weight is 420 g/mol. The van der Waals surface area contributed by atoms with E-state index in [0.29, 0.717) is 23.0 Å². The summed E-state index contributed by atoms with van der Waals surface area (Å²) in [6.45, 7) is 3.98. The average Bonchev–Trinajstić information content (AvgIpc) is 2.92. The fraction of sp³-hybridized carbons (Fsp3) is 0.261. The van der Waals surface area contributed by atoms with Gasteiger partial charge in [-0.15, -0.1) is 0 Å². The number of rotatable bonds is 4. The lowest BCUT2D eigenvalue weighted by atomic mass is 10.1. The highest BCUT2D eigenvalue weighted by molar-refractivity contribution is 6.31. The summed E-state index contributed by atoms with van der Waals surface area (Å²) in [5.74, 6) is -0.0165. The quantitative estimate of drug-likeness (QED) is 0.606. The molecule has 6 nitrogen and oxygen atoms in total. The van der Waals surface area contributed by atoms with E-state index >= 15 is 0 Å². The Morgan fingerprint density at radius 2 is 1.97 bits per heavy atom. The summed E-state index contributed by atoms with van der Waals surface area (Å²) in [7, 11) is 0. The Balaban J connectivity index is 1.37. The van der Waals surface area contributed by atoms with Crippen molar-refractivity contribution >= 4 is 29.2 Å². The Labute approximate surface area is 180 Å². The molecule has 1 aromatic carbocycles. The molecule has 30 heavy (non-hydrogen) atoms. The van der Waals surface area contributed by atoms with Gasteiger partial charge in [0.15, 0.2) is 5.15 Å². The zero-order valence-corrected chi connectivity index (χ0v) is 17.3. The Kier molecular flexibility index (Phi) is 6.12. The first-order chi connectivity index (χ1) is 14.6. The zero-order chi connectivity index (χ0) is 20.9. The molecular weight excluding hydrogens is 398 g/mol. The number of aromatic nitrogens is 2. The molecule has 0 unspecified atom stereocenters. The minimum atomic E-state index is -0.0165. The smallest absolute Gasteiger partial charge is 0.246 e. The van der Waals surface area contributed by atoms with Crippen molar-refractivity contribution in [2.75, 3.05) is 26.2 Å². The largest absolute Gasteiger partial charge is 0.338 e. The van der Waals surface area contributed by atoms with Gasteiger partial charge in [0.05, 0.1) is 17.3 Å². The van der Waals surface area contributed by atoms with Crippen molar-refractivity contribution in [2.45, 2.75) is 13.0 Å². The highest BCUT2D eigenvalue weighted by atomic mass is 35.5. The van der Waals surface area contributed by atoms with Crippen LogP contribution in [-0.4, -0.2) is 51.3 Å². The number of amides is 1. The predicted molar refractivity (Wildman–Crippen MR) is 117 cm³/mol. The maximum Gasteiger partial charge on any atom is 0.246 e. The number of nitrogens with zero attached hydrogens (tertiary/aromatic N) is 5. The van der Waals surface area contributed by atoms with E-state index in [1.807, 2.05) is 58.0 Å². The fourth-order valence-electron chi connectivity index (χ4n) is 3.68. The van der Waals surface area contributed by atoms with Gasteiger partial charge in [-0.25, -0.2) is 4.98 Å². The van der Waals surface area contributed by atoms with Crippen molar-refractivity contribution in [3.8, 4) is 6.07 Å². The van der Waals surface area contributed by atoms with Gasteiger partial charge in [0.25, 0.3) is 0 Å². The van der Waals surface area contributed by atoms with Gasteiger partial charge in [-0.1, -0.05) is 29.8 Å². The van der Waals surface area contributed by atoms with Crippen LogP contribution in [0.4, 0.5) is 0 Å². The molecule has 7 heteroatoms. The van der Waals surface area contributed by atoms with E-state index in [9.17, 15) is 4.79 Å². The fourth-order valence-corrected chi connectivity index (χ4v) is 3.92. The van der Waals surface area contributed by atoms with Gasteiger partial charge in [0, 0.05) is 45.0 Å². The third-order valence-corrected chi connectivity index (χ3v) is 5.57. The van der Waals surface area contributed by atoms with Crippen molar-refractivity contribution < 1.29 is 4.79 Å². The van der Waals surface area contributed by atoms with Crippen LogP contribution in [0, 0.1) is 11.3 Å². The number of pyridine rings is 1. The Hall–Kier alpha value is -3.14. The molecule has 152 valence electrons. The summed E-state index contributed by atoms with van der Waals surface area (Å²) in [4.78, 5) is 21.3. The minimum Gasteiger partial charge on any atom is -0.338 e. The van der Waals surface area contributed by atoms with E-state index < -0.39 is 0 Å². The van der Waals surface area contributed by atoms with Gasteiger partial charge in [0.1, 0.15) is 5.65 Å². The third kappa shape index (κ3) is 4.54. The molecule has 0 N–H and O–H groups in total. The molecule has 0 spiro atoms. The first-order valence-corrected chi connectivity index (χ1v) is 10.3. The number of imidazole rings is 1. The summed E-state index contributed by atoms with van der Waals surface area (Å²) in [5.41, 5.74) is 3.31. The topological polar surface area (TPSA) is 64.6 Å². The number of benzene rings is 1. The van der Waals surface area contributed by atoms with E-state index in [1.54, 1.807) is 12.2 Å². The second kappa shape index (κ2) is 9.12. The standard InChI is InChI=1S/C23H22ClN5O/c24-23-20(29-13-2-1-4-21(29)26-23)9-10-22(30)28-12-3-11-27(14-15-28)17-19-7-5-18(16-25)6-8-19/h1-2,4-10,13H,3,11-12,14-15,17H2/b10-9+. The van der Waals surface area contributed by atoms with Crippen molar-refractivity contribution in [1.82, 2.24) is 19.2 Å². The summed E-state index contributed by atoms with van der Waals surface area (Å²) in [6.07, 6.45) is 6.13. The highest BCUT2D eigenvalue weighted by Gasteiger charge is 2.18. The molecule has 1 aliphatic rings. The molecular formula is C23H22ClN5O. The maximum absolute atomic E-state index is 12.7. The molecule has 1 amide bonds. The number of fused-ring (bicyclic) bond motifs is 1. The second-order valence-electron chi connectivity index (χ2n) is 7.31. The molecule has 0 bridgehead atoms. The number of hydrogen-bond acceptors (Lipinski definition) is 4. The van der Waals surface area contributed by atoms with Gasteiger partial charge in [-0.2, -0.15) is 5.26 Å². The van der Waals surface area contributed by atoms with Crippen molar-refractivity contribution in [1.29, 1.82) is 5.26 Å². The monoisotopic (exact) mass is 419 g/mol. The normalized spacial score (nSPS) is 15.4. The van der Waals surface area contributed by atoms with Crippen LogP contribution in [0.5, 0.6) is 0 Å². The number of nitriles is 1. The van der Waals surface area contributed by atoms with Crippen molar-refractivity contribution in [2.24, 2.45) is 0 Å². The molecule has 3 aromatic rings. The second-order valence-corrected chi connectivity index (χ2v) is 7.67. The Bertz CT molecular complexity index is 1110. The molecule has 0 radical (unpaired) electrons. The van der Waals surface area contributed by atoms with Crippen LogP contribution in [0.3, 0.4) is 0 Å². The lowest BCUT2D eigenvalue weighted by Gasteiger charge is -2.21. The van der Waals surface area contributed by atoms with Crippen molar-refractivity contribution in [3.05, 3.63) is 76.7 Å². The van der Waals surface area contributed by atoms with Crippen LogP contribution >= 0.6 is 11.6 Å². The SMILES string of the molecule is N#Cc1ccc(CN2CCCN(C(=O)/C=C/c3c(Cl)nc4ccccn34)CC2)cc1. The van der Waals surface area contributed by atoms with E-state index in [0.717, 1.165) is 38.2 Å². The number of carbonyl (C=O) groups excluding carboxylic acids is 1. The summed E-state index contributed by atoms with van der Waals surface area (Å²) >= 11 is 6.25. The summed E-state index contributed by atoms with van der Waals surface area (Å²) in [5, 5.41) is 9.31. The molecule has 1 saturated heterocycles. The Morgan fingerprint density at radius 3 is 2.77 bits per heavy atom. The van der Waals surface area contributed by atoms with E-state index in [2.05, 4.69) is 16.0 Å². The van der Waals surface area contributed by atoms with Crippen LogP contribution in [0.25, 0.3) is 11.7 Å². The molecule has 0 aliphatic carbocycles. The maximum atomic E-state index is 12.7. The van der Waals surface area contributed by atoms with Gasteiger partial charge in [0.2, 0.25) is 5.91 Å². The first-order valence-electron chi connectivity index (χ1n) is 9.95. The lowest BCUT2D eigenvalue weighted by molar-refractivity contribution is -0.125. The van der Waals surface area contributed by atoms with Gasteiger partial charge in [-0.05, 0) is 42.3 Å². The van der Waals surface area contributed by atoms with Crippen LogP contribution in [0.15, 0.2) is 54.7 Å². The molecule has 2 aromatic heterocycles. The highest BCUT2D eigenvalue weighted by Crippen LogP contribution is 2.19.